The second kappa shape index (κ2) is 8.75. The van der Waals surface area contributed by atoms with Crippen molar-refractivity contribution < 1.29 is 8.42 Å². The van der Waals surface area contributed by atoms with Crippen LogP contribution in [0.25, 0.3) is 16.7 Å². The lowest BCUT2D eigenvalue weighted by molar-refractivity contribution is 0.383. The highest BCUT2D eigenvalue weighted by atomic mass is 32.2. The van der Waals surface area contributed by atoms with Crippen LogP contribution in [0.4, 0.5) is 5.82 Å². The van der Waals surface area contributed by atoms with Gasteiger partial charge in [-0.2, -0.15) is 9.57 Å². The molecule has 1 aliphatic heterocycles. The van der Waals surface area contributed by atoms with Crippen molar-refractivity contribution in [3.05, 3.63) is 71.3 Å². The Kier molecular flexibility index (Phi) is 5.76. The highest BCUT2D eigenvalue weighted by Gasteiger charge is 2.30. The van der Waals surface area contributed by atoms with Gasteiger partial charge in [-0.3, -0.25) is 4.40 Å². The van der Waals surface area contributed by atoms with Crippen molar-refractivity contribution in [3.8, 4) is 6.07 Å². The Labute approximate surface area is 199 Å². The number of hydrogen-bond donors (Lipinski definition) is 0. The van der Waals surface area contributed by atoms with E-state index in [1.54, 1.807) is 16.4 Å². The van der Waals surface area contributed by atoms with Gasteiger partial charge in [0, 0.05) is 26.2 Å². The Hall–Kier alpha value is -3.41. The molecule has 5 rings (SSSR count). The molecule has 0 saturated carbocycles. The van der Waals surface area contributed by atoms with Crippen molar-refractivity contribution in [1.29, 1.82) is 5.26 Å². The highest BCUT2D eigenvalue weighted by Crippen LogP contribution is 2.31. The Morgan fingerprint density at radius 3 is 2.41 bits per heavy atom. The topological polar surface area (TPSA) is 81.7 Å². The van der Waals surface area contributed by atoms with Gasteiger partial charge in [-0.05, 0) is 49.2 Å². The van der Waals surface area contributed by atoms with E-state index in [0.29, 0.717) is 42.3 Å². The summed E-state index contributed by atoms with van der Waals surface area (Å²) < 4.78 is 29.9. The molecule has 2 aromatic heterocycles. The van der Waals surface area contributed by atoms with Crippen LogP contribution in [0.1, 0.15) is 30.0 Å². The van der Waals surface area contributed by atoms with Gasteiger partial charge < -0.3 is 4.90 Å². The number of aryl methyl sites for hydroxylation is 2. The molecule has 0 N–H and O–H groups in total. The minimum atomic E-state index is -3.53. The number of pyridine rings is 1. The molecular formula is C26H27N5O2S. The predicted octanol–water partition coefficient (Wildman–Crippen LogP) is 4.13. The van der Waals surface area contributed by atoms with E-state index in [9.17, 15) is 13.7 Å². The zero-order chi connectivity index (χ0) is 23.9. The smallest absolute Gasteiger partial charge is 0.243 e. The van der Waals surface area contributed by atoms with Gasteiger partial charge in [0.05, 0.1) is 21.5 Å². The SMILES string of the molecule is CCCc1cc(N2CCN(S(=O)(=O)c3ccc(C)cc3)CC2)n2c(nc3ccccc32)c1C#N. The number of sulfonamides is 1. The first kappa shape index (κ1) is 22.4. The number of aromatic nitrogens is 2. The number of benzene rings is 2. The normalized spacial score (nSPS) is 15.1. The average Bonchev–Trinajstić information content (AvgIpc) is 3.23. The van der Waals surface area contributed by atoms with Crippen LogP contribution in [0.3, 0.4) is 0 Å². The second-order valence-electron chi connectivity index (χ2n) is 8.73. The molecule has 0 bridgehead atoms. The molecule has 0 amide bonds. The van der Waals surface area contributed by atoms with E-state index in [1.165, 1.54) is 0 Å². The molecule has 7 nitrogen and oxygen atoms in total. The van der Waals surface area contributed by atoms with Crippen LogP contribution in [0.15, 0.2) is 59.5 Å². The third kappa shape index (κ3) is 3.71. The van der Waals surface area contributed by atoms with Crippen LogP contribution in [0.5, 0.6) is 0 Å². The molecule has 34 heavy (non-hydrogen) atoms. The Bertz CT molecular complexity index is 1510. The lowest BCUT2D eigenvalue weighted by Crippen LogP contribution is -2.49. The zero-order valence-corrected chi connectivity index (χ0v) is 20.2. The van der Waals surface area contributed by atoms with Gasteiger partial charge in [-0.1, -0.05) is 43.2 Å². The Balaban J connectivity index is 1.53. The van der Waals surface area contributed by atoms with Gasteiger partial charge in [0.2, 0.25) is 10.0 Å². The molecule has 0 atom stereocenters. The third-order valence-electron chi connectivity index (χ3n) is 6.49. The van der Waals surface area contributed by atoms with E-state index in [1.807, 2.05) is 43.3 Å². The van der Waals surface area contributed by atoms with Gasteiger partial charge >= 0.3 is 0 Å². The van der Waals surface area contributed by atoms with E-state index >= 15 is 0 Å². The van der Waals surface area contributed by atoms with Crippen LogP contribution in [-0.2, 0) is 16.4 Å². The second-order valence-corrected chi connectivity index (χ2v) is 10.7. The number of imidazole rings is 1. The monoisotopic (exact) mass is 473 g/mol. The summed E-state index contributed by atoms with van der Waals surface area (Å²) in [5.74, 6) is 0.957. The fourth-order valence-electron chi connectivity index (χ4n) is 4.70. The van der Waals surface area contributed by atoms with Crippen LogP contribution in [0, 0.1) is 18.3 Å². The number of nitriles is 1. The number of hydrogen-bond acceptors (Lipinski definition) is 5. The van der Waals surface area contributed by atoms with Gasteiger partial charge in [-0.15, -0.1) is 0 Å². The number of fused-ring (bicyclic) bond motifs is 3. The molecule has 0 aliphatic carbocycles. The summed E-state index contributed by atoms with van der Waals surface area (Å²) in [5, 5.41) is 9.93. The van der Waals surface area contributed by atoms with Crippen molar-refractivity contribution in [1.82, 2.24) is 13.7 Å². The van der Waals surface area contributed by atoms with E-state index in [4.69, 9.17) is 4.98 Å². The van der Waals surface area contributed by atoms with Crippen molar-refractivity contribution >= 4 is 32.5 Å². The molecule has 0 radical (unpaired) electrons. The summed E-state index contributed by atoms with van der Waals surface area (Å²) >= 11 is 0. The highest BCUT2D eigenvalue weighted by molar-refractivity contribution is 7.89. The fourth-order valence-corrected chi connectivity index (χ4v) is 6.12. The molecule has 174 valence electrons. The van der Waals surface area contributed by atoms with Gasteiger partial charge in [-0.25, -0.2) is 13.4 Å². The third-order valence-corrected chi connectivity index (χ3v) is 8.40. The number of para-hydroxylation sites is 2. The quantitative estimate of drug-likeness (QED) is 0.435. The van der Waals surface area contributed by atoms with Crippen LogP contribution < -0.4 is 4.90 Å². The van der Waals surface area contributed by atoms with E-state index < -0.39 is 10.0 Å². The molecule has 4 aromatic rings. The van der Waals surface area contributed by atoms with Crippen molar-refractivity contribution in [3.63, 3.8) is 0 Å². The van der Waals surface area contributed by atoms with E-state index in [-0.39, 0.29) is 0 Å². The summed E-state index contributed by atoms with van der Waals surface area (Å²) in [6.45, 7) is 5.96. The van der Waals surface area contributed by atoms with E-state index in [0.717, 1.165) is 40.8 Å². The van der Waals surface area contributed by atoms with Crippen molar-refractivity contribution in [2.24, 2.45) is 0 Å². The first-order valence-electron chi connectivity index (χ1n) is 11.6. The summed E-state index contributed by atoms with van der Waals surface area (Å²) in [6.07, 6.45) is 1.71. The molecule has 0 unspecified atom stereocenters. The van der Waals surface area contributed by atoms with Crippen molar-refractivity contribution in [2.45, 2.75) is 31.6 Å². The van der Waals surface area contributed by atoms with Gasteiger partial charge in [0.1, 0.15) is 11.9 Å². The first-order valence-corrected chi connectivity index (χ1v) is 13.0. The largest absolute Gasteiger partial charge is 0.355 e. The van der Waals surface area contributed by atoms with Crippen LogP contribution in [0.2, 0.25) is 0 Å². The van der Waals surface area contributed by atoms with Crippen LogP contribution >= 0.6 is 0 Å². The first-order chi connectivity index (χ1) is 16.4. The number of piperazine rings is 1. The molecule has 2 aromatic carbocycles. The standard InChI is InChI=1S/C26H27N5O2S/c1-3-6-20-17-25(31-24-8-5-4-7-23(24)28-26(31)22(20)18-27)29-13-15-30(16-14-29)34(32,33)21-11-9-19(2)10-12-21/h4-5,7-12,17H,3,6,13-16H2,1-2H3. The fraction of sp³-hybridized carbons (Fsp3) is 0.308. The van der Waals surface area contributed by atoms with Gasteiger partial charge in [0.15, 0.2) is 5.65 Å². The zero-order valence-electron chi connectivity index (χ0n) is 19.4. The lowest BCUT2D eigenvalue weighted by atomic mass is 10.1. The summed E-state index contributed by atoms with van der Waals surface area (Å²) in [7, 11) is -3.53. The Morgan fingerprint density at radius 1 is 1.03 bits per heavy atom. The molecular weight excluding hydrogens is 446 g/mol. The minimum absolute atomic E-state index is 0.332. The molecule has 3 heterocycles. The lowest BCUT2D eigenvalue weighted by Gasteiger charge is -2.36. The average molecular weight is 474 g/mol. The predicted molar refractivity (Wildman–Crippen MR) is 134 cm³/mol. The molecule has 1 aliphatic rings. The summed E-state index contributed by atoms with van der Waals surface area (Å²) in [4.78, 5) is 7.34. The molecule has 1 fully saturated rings. The minimum Gasteiger partial charge on any atom is -0.355 e. The summed E-state index contributed by atoms with van der Waals surface area (Å²) in [6, 6.07) is 19.4. The van der Waals surface area contributed by atoms with Crippen LogP contribution in [-0.4, -0.2) is 48.3 Å². The molecule has 8 heteroatoms. The number of nitrogens with zero attached hydrogens (tertiary/aromatic N) is 5. The maximum absolute atomic E-state index is 13.2. The number of anilines is 1. The maximum Gasteiger partial charge on any atom is 0.243 e. The maximum atomic E-state index is 13.2. The van der Waals surface area contributed by atoms with E-state index in [2.05, 4.69) is 28.4 Å². The Morgan fingerprint density at radius 2 is 1.74 bits per heavy atom. The van der Waals surface area contributed by atoms with Gasteiger partial charge in [0.25, 0.3) is 0 Å². The molecule has 1 saturated heterocycles. The molecule has 0 spiro atoms. The number of rotatable bonds is 5. The summed E-state index contributed by atoms with van der Waals surface area (Å²) in [5.41, 5.74) is 5.08. The van der Waals surface area contributed by atoms with Crippen molar-refractivity contribution in [2.75, 3.05) is 31.1 Å².